The topological polar surface area (TPSA) is 88.2 Å². The fourth-order valence-corrected chi connectivity index (χ4v) is 2.84. The van der Waals surface area contributed by atoms with Gasteiger partial charge in [0.15, 0.2) is 0 Å². The molecule has 0 aliphatic heterocycles. The predicted molar refractivity (Wildman–Crippen MR) is 101 cm³/mol. The summed E-state index contributed by atoms with van der Waals surface area (Å²) in [6, 6.07) is 5.55. The van der Waals surface area contributed by atoms with E-state index >= 15 is 0 Å². The molecule has 0 heterocycles. The van der Waals surface area contributed by atoms with Crippen molar-refractivity contribution in [2.45, 2.75) is 63.9 Å². The van der Waals surface area contributed by atoms with Gasteiger partial charge in [0, 0.05) is 22.4 Å². The second kappa shape index (κ2) is 8.33. The van der Waals surface area contributed by atoms with E-state index in [2.05, 4.69) is 4.72 Å². The molecule has 8 heteroatoms. The zero-order chi connectivity index (χ0) is 20.2. The fourth-order valence-electron chi connectivity index (χ4n) is 2.10. The number of halogens is 1. The maximum atomic E-state index is 14.5. The number of hydrogen-bond acceptors (Lipinski definition) is 6. The SMILES string of the molecule is CC(C)(C#N)OCC[C@](C)(NSC(C)(C)C)c1cc([N+](=O)[O-])ccc1F. The molecule has 6 nitrogen and oxygen atoms in total. The summed E-state index contributed by atoms with van der Waals surface area (Å²) in [6.45, 7) is 11.3. The lowest BCUT2D eigenvalue weighted by molar-refractivity contribution is -0.385. The molecule has 26 heavy (non-hydrogen) atoms. The average Bonchev–Trinajstić information content (AvgIpc) is 2.52. The first-order valence-electron chi connectivity index (χ1n) is 8.24. The standard InChI is InChI=1S/C18H26FN3O3S/c1-16(2,3)26-21-18(6,9-10-25-17(4,5)12-20)14-11-13(22(23)24)7-8-15(14)19/h7-8,11,21H,9-10H2,1-6H3/t18-/m0/s1. The molecule has 0 spiro atoms. The molecule has 0 bridgehead atoms. The average molecular weight is 383 g/mol. The quantitative estimate of drug-likeness (QED) is 0.398. The van der Waals surface area contributed by atoms with Crippen LogP contribution in [-0.2, 0) is 10.3 Å². The van der Waals surface area contributed by atoms with Gasteiger partial charge in [-0.25, -0.2) is 4.39 Å². The molecule has 1 rings (SSSR count). The summed E-state index contributed by atoms with van der Waals surface area (Å²) >= 11 is 1.41. The first-order chi connectivity index (χ1) is 11.8. The molecule has 0 unspecified atom stereocenters. The molecule has 0 fully saturated rings. The van der Waals surface area contributed by atoms with Gasteiger partial charge in [-0.15, -0.1) is 0 Å². The number of nitrogens with one attached hydrogen (secondary N) is 1. The molecular formula is C18H26FN3O3S. The summed E-state index contributed by atoms with van der Waals surface area (Å²) in [5, 5.41) is 20.2. The molecule has 0 saturated heterocycles. The van der Waals surface area contributed by atoms with Crippen molar-refractivity contribution in [1.82, 2.24) is 4.72 Å². The Morgan fingerprint density at radius 2 is 1.92 bits per heavy atom. The number of ether oxygens (including phenoxy) is 1. The van der Waals surface area contributed by atoms with Crippen molar-refractivity contribution in [3.05, 3.63) is 39.7 Å². The minimum absolute atomic E-state index is 0.148. The molecule has 1 atom stereocenters. The highest BCUT2D eigenvalue weighted by Gasteiger charge is 2.33. The second-order valence-electron chi connectivity index (χ2n) is 7.79. The molecule has 144 valence electrons. The van der Waals surface area contributed by atoms with Crippen LogP contribution in [0.5, 0.6) is 0 Å². The number of benzene rings is 1. The van der Waals surface area contributed by atoms with Gasteiger partial charge >= 0.3 is 0 Å². The lowest BCUT2D eigenvalue weighted by Crippen LogP contribution is -2.40. The zero-order valence-electron chi connectivity index (χ0n) is 16.1. The highest BCUT2D eigenvalue weighted by Crippen LogP contribution is 2.35. The van der Waals surface area contributed by atoms with Crippen molar-refractivity contribution < 1.29 is 14.1 Å². The molecule has 0 radical (unpaired) electrons. The van der Waals surface area contributed by atoms with Crippen LogP contribution in [-0.4, -0.2) is 21.9 Å². The van der Waals surface area contributed by atoms with E-state index in [4.69, 9.17) is 10.00 Å². The Morgan fingerprint density at radius 1 is 1.31 bits per heavy atom. The summed E-state index contributed by atoms with van der Waals surface area (Å²) in [5.41, 5.74) is -1.85. The van der Waals surface area contributed by atoms with E-state index in [1.807, 2.05) is 26.8 Å². The molecule has 0 aromatic heterocycles. The molecule has 1 N–H and O–H groups in total. The summed E-state index contributed by atoms with van der Waals surface area (Å²) < 4.78 is 23.2. The summed E-state index contributed by atoms with van der Waals surface area (Å²) in [7, 11) is 0. The Balaban J connectivity index is 3.17. The molecule has 0 saturated carbocycles. The summed E-state index contributed by atoms with van der Waals surface area (Å²) in [4.78, 5) is 10.5. The first kappa shape index (κ1) is 22.4. The van der Waals surface area contributed by atoms with Gasteiger partial charge in [0.25, 0.3) is 5.69 Å². The van der Waals surface area contributed by atoms with Crippen LogP contribution in [0.1, 0.15) is 53.5 Å². The number of nitro benzene ring substituents is 1. The number of non-ortho nitro benzene ring substituents is 1. The van der Waals surface area contributed by atoms with Gasteiger partial charge in [0.1, 0.15) is 11.4 Å². The Labute approximate surface area is 158 Å². The maximum Gasteiger partial charge on any atom is 0.269 e. The third kappa shape index (κ3) is 6.56. The Kier molecular flexibility index (Phi) is 7.17. The predicted octanol–water partition coefficient (Wildman–Crippen LogP) is 4.69. The third-order valence-corrected chi connectivity index (χ3v) is 4.84. The van der Waals surface area contributed by atoms with Crippen molar-refractivity contribution in [1.29, 1.82) is 5.26 Å². The van der Waals surface area contributed by atoms with Crippen molar-refractivity contribution >= 4 is 17.6 Å². The molecule has 0 amide bonds. The van der Waals surface area contributed by atoms with Crippen molar-refractivity contribution in [3.63, 3.8) is 0 Å². The van der Waals surface area contributed by atoms with Gasteiger partial charge in [-0.3, -0.25) is 14.8 Å². The highest BCUT2D eigenvalue weighted by molar-refractivity contribution is 7.98. The van der Waals surface area contributed by atoms with Gasteiger partial charge in [-0.1, -0.05) is 11.9 Å². The van der Waals surface area contributed by atoms with Crippen LogP contribution >= 0.6 is 11.9 Å². The number of nitro groups is 1. The van der Waals surface area contributed by atoms with Crippen LogP contribution in [0.15, 0.2) is 18.2 Å². The molecule has 0 aliphatic rings. The minimum atomic E-state index is -0.959. The van der Waals surface area contributed by atoms with Gasteiger partial charge in [-0.05, 0) is 54.0 Å². The lowest BCUT2D eigenvalue weighted by Gasteiger charge is -2.34. The van der Waals surface area contributed by atoms with E-state index in [0.29, 0.717) is 6.42 Å². The van der Waals surface area contributed by atoms with E-state index in [1.165, 1.54) is 18.0 Å². The van der Waals surface area contributed by atoms with Gasteiger partial charge in [0.05, 0.1) is 23.1 Å². The maximum absolute atomic E-state index is 14.5. The molecular weight excluding hydrogens is 357 g/mol. The van der Waals surface area contributed by atoms with Crippen molar-refractivity contribution in [2.24, 2.45) is 0 Å². The number of nitrogens with zero attached hydrogens (tertiary/aromatic N) is 2. The Hall–Kier alpha value is -1.69. The Bertz CT molecular complexity index is 698. The monoisotopic (exact) mass is 383 g/mol. The minimum Gasteiger partial charge on any atom is -0.361 e. The Morgan fingerprint density at radius 3 is 2.42 bits per heavy atom. The summed E-state index contributed by atoms with van der Waals surface area (Å²) in [6.07, 6.45) is 0.333. The fraction of sp³-hybridized carbons (Fsp3) is 0.611. The highest BCUT2D eigenvalue weighted by atomic mass is 32.2. The lowest BCUT2D eigenvalue weighted by atomic mass is 9.89. The van der Waals surface area contributed by atoms with Crippen LogP contribution in [0.3, 0.4) is 0 Å². The van der Waals surface area contributed by atoms with Gasteiger partial charge in [0.2, 0.25) is 0 Å². The summed E-state index contributed by atoms with van der Waals surface area (Å²) in [5.74, 6) is -0.528. The number of hydrogen-bond donors (Lipinski definition) is 1. The van der Waals surface area contributed by atoms with E-state index in [-0.39, 0.29) is 22.6 Å². The van der Waals surface area contributed by atoms with E-state index in [1.54, 1.807) is 20.8 Å². The van der Waals surface area contributed by atoms with Crippen molar-refractivity contribution in [2.75, 3.05) is 6.61 Å². The number of nitriles is 1. The number of rotatable bonds is 8. The van der Waals surface area contributed by atoms with Crippen molar-refractivity contribution in [3.8, 4) is 6.07 Å². The van der Waals surface area contributed by atoms with Crippen LogP contribution in [0.4, 0.5) is 10.1 Å². The second-order valence-corrected chi connectivity index (χ2v) is 9.42. The van der Waals surface area contributed by atoms with E-state index in [0.717, 1.165) is 12.1 Å². The van der Waals surface area contributed by atoms with Crippen LogP contribution < -0.4 is 4.72 Å². The van der Waals surface area contributed by atoms with Crippen LogP contribution in [0, 0.1) is 27.3 Å². The zero-order valence-corrected chi connectivity index (χ0v) is 16.9. The third-order valence-electron chi connectivity index (χ3n) is 3.67. The van der Waals surface area contributed by atoms with Gasteiger partial charge in [-0.2, -0.15) is 5.26 Å². The van der Waals surface area contributed by atoms with Crippen LogP contribution in [0.25, 0.3) is 0 Å². The van der Waals surface area contributed by atoms with Gasteiger partial charge < -0.3 is 4.74 Å². The normalized spacial score (nSPS) is 14.5. The first-order valence-corrected chi connectivity index (χ1v) is 9.06. The van der Waals surface area contributed by atoms with E-state index < -0.39 is 21.9 Å². The smallest absolute Gasteiger partial charge is 0.269 e. The molecule has 1 aromatic carbocycles. The van der Waals surface area contributed by atoms with Crippen LogP contribution in [0.2, 0.25) is 0 Å². The largest absolute Gasteiger partial charge is 0.361 e. The van der Waals surface area contributed by atoms with E-state index in [9.17, 15) is 14.5 Å². The molecule has 1 aromatic rings. The molecule has 0 aliphatic carbocycles.